The monoisotopic (exact) mass is 450 g/mol. The molecule has 0 amide bonds. The average Bonchev–Trinajstić information content (AvgIpc) is 3.05. The summed E-state index contributed by atoms with van der Waals surface area (Å²) in [6.45, 7) is 9.36. The maximum absolute atomic E-state index is 10.4. The molecule has 1 saturated heterocycles. The third-order valence-electron chi connectivity index (χ3n) is 5.48. The molecule has 1 aliphatic heterocycles. The number of benzene rings is 1. The topological polar surface area (TPSA) is 126 Å². The number of ether oxygens (including phenoxy) is 3. The number of aromatic nitrogens is 2. The summed E-state index contributed by atoms with van der Waals surface area (Å²) < 4.78 is 18.9. The first-order valence-corrected chi connectivity index (χ1v) is 10.9. The summed E-state index contributed by atoms with van der Waals surface area (Å²) in [5.74, 6) is 1.05. The molecular weight excluding hydrogens is 416 g/mol. The number of hydrogen-bond acceptors (Lipinski definition) is 8. The van der Waals surface area contributed by atoms with Crippen LogP contribution in [0.1, 0.15) is 50.6 Å². The molecule has 0 aliphatic carbocycles. The van der Waals surface area contributed by atoms with Crippen molar-refractivity contribution in [2.24, 2.45) is 0 Å². The molecule has 1 aromatic carbocycles. The molecule has 4 N–H and O–H groups in total. The molecule has 0 bridgehead atoms. The summed E-state index contributed by atoms with van der Waals surface area (Å²) in [7, 11) is 0. The summed E-state index contributed by atoms with van der Waals surface area (Å²) in [6, 6.07) is 7.84. The zero-order valence-electron chi connectivity index (χ0n) is 19.2. The minimum absolute atomic E-state index is 0.0720. The van der Waals surface area contributed by atoms with Gasteiger partial charge in [0.05, 0.1) is 12.7 Å². The quantitative estimate of drug-likeness (QED) is 0.475. The van der Waals surface area contributed by atoms with Crippen LogP contribution in [0.15, 0.2) is 24.3 Å². The fourth-order valence-electron chi connectivity index (χ4n) is 3.76. The SMILES string of the molecule is Cc1c(Cc2ccc(OC(C)C)cc2)c(O[C@@H]2OC(CO)[C@@H](O)C(O)C2O)nn1C(C)C. The Balaban J connectivity index is 1.87. The predicted octanol–water partition coefficient (Wildman–Crippen LogP) is 1.33. The van der Waals surface area contributed by atoms with Gasteiger partial charge < -0.3 is 34.6 Å². The van der Waals surface area contributed by atoms with Crippen molar-refractivity contribution in [3.63, 3.8) is 0 Å². The number of hydrogen-bond donors (Lipinski definition) is 4. The van der Waals surface area contributed by atoms with E-state index in [2.05, 4.69) is 5.10 Å². The number of aliphatic hydroxyl groups excluding tert-OH is 4. The van der Waals surface area contributed by atoms with Gasteiger partial charge in [-0.2, -0.15) is 0 Å². The van der Waals surface area contributed by atoms with Gasteiger partial charge in [-0.3, -0.25) is 4.68 Å². The number of nitrogens with zero attached hydrogens (tertiary/aromatic N) is 2. The van der Waals surface area contributed by atoms with Crippen molar-refractivity contribution in [3.8, 4) is 11.6 Å². The molecule has 3 rings (SSSR count). The van der Waals surface area contributed by atoms with E-state index in [-0.39, 0.29) is 18.0 Å². The average molecular weight is 451 g/mol. The van der Waals surface area contributed by atoms with Crippen molar-refractivity contribution in [2.45, 2.75) is 83.9 Å². The van der Waals surface area contributed by atoms with Crippen LogP contribution >= 0.6 is 0 Å². The van der Waals surface area contributed by atoms with Gasteiger partial charge in [-0.05, 0) is 52.3 Å². The van der Waals surface area contributed by atoms with Gasteiger partial charge in [-0.1, -0.05) is 12.1 Å². The molecule has 2 heterocycles. The standard InChI is InChI=1S/C23H34N2O7/c1-12(2)25-14(5)17(10-15-6-8-16(9-7-15)30-13(3)4)22(24-25)32-23-21(29)20(28)19(27)18(11-26)31-23/h6-9,12-13,18-21,23,26-29H,10-11H2,1-5H3/t18?,19-,20?,21?,23+/m1/s1. The molecule has 9 heteroatoms. The van der Waals surface area contributed by atoms with Crippen molar-refractivity contribution < 1.29 is 34.6 Å². The lowest BCUT2D eigenvalue weighted by Gasteiger charge is -2.39. The van der Waals surface area contributed by atoms with Gasteiger partial charge in [0.1, 0.15) is 30.2 Å². The summed E-state index contributed by atoms with van der Waals surface area (Å²) in [4.78, 5) is 0. The van der Waals surface area contributed by atoms with Crippen molar-refractivity contribution in [1.29, 1.82) is 0 Å². The third kappa shape index (κ3) is 5.24. The minimum atomic E-state index is -1.52. The third-order valence-corrected chi connectivity index (χ3v) is 5.48. The maximum atomic E-state index is 10.4. The van der Waals surface area contributed by atoms with Gasteiger partial charge in [0.2, 0.25) is 12.2 Å². The Bertz CT molecular complexity index is 879. The molecule has 2 aromatic rings. The van der Waals surface area contributed by atoms with Gasteiger partial charge in [0.15, 0.2) is 0 Å². The van der Waals surface area contributed by atoms with Crippen LogP contribution in [0.2, 0.25) is 0 Å². The zero-order valence-corrected chi connectivity index (χ0v) is 19.2. The van der Waals surface area contributed by atoms with E-state index in [4.69, 9.17) is 14.2 Å². The van der Waals surface area contributed by atoms with Crippen LogP contribution in [0.3, 0.4) is 0 Å². The van der Waals surface area contributed by atoms with Crippen molar-refractivity contribution in [2.75, 3.05) is 6.61 Å². The van der Waals surface area contributed by atoms with Gasteiger partial charge in [-0.15, -0.1) is 5.10 Å². The molecule has 1 fully saturated rings. The molecule has 32 heavy (non-hydrogen) atoms. The van der Waals surface area contributed by atoms with Crippen molar-refractivity contribution in [1.82, 2.24) is 9.78 Å². The second-order valence-corrected chi connectivity index (χ2v) is 8.71. The molecule has 178 valence electrons. The summed E-state index contributed by atoms with van der Waals surface area (Å²) in [6.07, 6.45) is -6.20. The smallest absolute Gasteiger partial charge is 0.239 e. The van der Waals surface area contributed by atoms with Crippen LogP contribution in [-0.4, -0.2) is 73.6 Å². The molecule has 1 aliphatic rings. The number of rotatable bonds is 8. The van der Waals surface area contributed by atoms with E-state index >= 15 is 0 Å². The van der Waals surface area contributed by atoms with Crippen LogP contribution in [0.25, 0.3) is 0 Å². The van der Waals surface area contributed by atoms with E-state index < -0.39 is 37.3 Å². The Morgan fingerprint density at radius 2 is 1.69 bits per heavy atom. The lowest BCUT2D eigenvalue weighted by Crippen LogP contribution is -2.60. The Labute approximate surface area is 188 Å². The largest absolute Gasteiger partial charge is 0.491 e. The maximum Gasteiger partial charge on any atom is 0.239 e. The van der Waals surface area contributed by atoms with E-state index in [0.717, 1.165) is 22.6 Å². The Morgan fingerprint density at radius 3 is 2.25 bits per heavy atom. The van der Waals surface area contributed by atoms with Crippen LogP contribution in [0.5, 0.6) is 11.6 Å². The minimum Gasteiger partial charge on any atom is -0.491 e. The van der Waals surface area contributed by atoms with Gasteiger partial charge in [0.25, 0.3) is 0 Å². The van der Waals surface area contributed by atoms with E-state index in [9.17, 15) is 20.4 Å². The van der Waals surface area contributed by atoms with Crippen molar-refractivity contribution >= 4 is 0 Å². The Hall–Kier alpha value is -2.17. The molecule has 0 spiro atoms. The molecular formula is C23H34N2O7. The van der Waals surface area contributed by atoms with E-state index in [1.165, 1.54) is 0 Å². The molecule has 5 atom stereocenters. The fourth-order valence-corrected chi connectivity index (χ4v) is 3.76. The van der Waals surface area contributed by atoms with Gasteiger partial charge >= 0.3 is 0 Å². The highest BCUT2D eigenvalue weighted by Crippen LogP contribution is 2.31. The first-order chi connectivity index (χ1) is 15.1. The highest BCUT2D eigenvalue weighted by atomic mass is 16.7. The second-order valence-electron chi connectivity index (χ2n) is 8.71. The summed E-state index contributed by atoms with van der Waals surface area (Å²) in [5.41, 5.74) is 2.74. The van der Waals surface area contributed by atoms with E-state index in [0.29, 0.717) is 6.42 Å². The summed E-state index contributed by atoms with van der Waals surface area (Å²) in [5, 5.41) is 44.4. The fraction of sp³-hybridized carbons (Fsp3) is 0.609. The van der Waals surface area contributed by atoms with Crippen LogP contribution in [0, 0.1) is 6.92 Å². The van der Waals surface area contributed by atoms with E-state index in [1.54, 1.807) is 0 Å². The van der Waals surface area contributed by atoms with E-state index in [1.807, 2.05) is 63.6 Å². The van der Waals surface area contributed by atoms with Crippen molar-refractivity contribution in [3.05, 3.63) is 41.1 Å². The van der Waals surface area contributed by atoms with Crippen LogP contribution in [-0.2, 0) is 11.2 Å². The highest BCUT2D eigenvalue weighted by Gasteiger charge is 2.45. The normalized spacial score (nSPS) is 26.0. The molecule has 3 unspecified atom stereocenters. The molecule has 0 saturated carbocycles. The first-order valence-electron chi connectivity index (χ1n) is 10.9. The molecule has 1 aromatic heterocycles. The second kappa shape index (κ2) is 10.2. The Morgan fingerprint density at radius 1 is 1.03 bits per heavy atom. The first kappa shape index (κ1) is 24.5. The highest BCUT2D eigenvalue weighted by molar-refractivity contribution is 5.38. The number of aliphatic hydroxyl groups is 4. The summed E-state index contributed by atoms with van der Waals surface area (Å²) >= 11 is 0. The van der Waals surface area contributed by atoms with Crippen LogP contribution < -0.4 is 9.47 Å². The lowest BCUT2D eigenvalue weighted by molar-refractivity contribution is -0.278. The van der Waals surface area contributed by atoms with Crippen LogP contribution in [0.4, 0.5) is 0 Å². The lowest BCUT2D eigenvalue weighted by atomic mass is 9.99. The Kier molecular flexibility index (Phi) is 7.79. The zero-order chi connectivity index (χ0) is 23.6. The predicted molar refractivity (Wildman–Crippen MR) is 117 cm³/mol. The van der Waals surface area contributed by atoms with Gasteiger partial charge in [-0.25, -0.2) is 0 Å². The molecule has 9 nitrogen and oxygen atoms in total. The molecule has 0 radical (unpaired) electrons. The van der Waals surface area contributed by atoms with Gasteiger partial charge in [0, 0.05) is 23.7 Å².